The van der Waals surface area contributed by atoms with E-state index >= 15 is 0 Å². The second-order valence-electron chi connectivity index (χ2n) is 2.53. The van der Waals surface area contributed by atoms with Crippen molar-refractivity contribution in [3.63, 3.8) is 0 Å². The monoisotopic (exact) mass is 172 g/mol. The maximum absolute atomic E-state index is 12.7. The standard InChI is InChI=1S/C9H10ClF/c1-2-3-7-4-8(10)6-9(11)5-7/h4-6H,2-3H2,1H3. The molecule has 0 saturated heterocycles. The summed E-state index contributed by atoms with van der Waals surface area (Å²) in [5.41, 5.74) is 0.970. The molecule has 1 aromatic rings. The van der Waals surface area contributed by atoms with Crippen LogP contribution in [0.4, 0.5) is 4.39 Å². The van der Waals surface area contributed by atoms with Gasteiger partial charge in [-0.15, -0.1) is 0 Å². The van der Waals surface area contributed by atoms with Crippen molar-refractivity contribution >= 4 is 11.6 Å². The molecule has 0 N–H and O–H groups in total. The smallest absolute Gasteiger partial charge is 0.124 e. The molecule has 0 nitrogen and oxygen atoms in total. The average Bonchev–Trinajstić information content (AvgIpc) is 1.85. The highest BCUT2D eigenvalue weighted by molar-refractivity contribution is 6.30. The third-order valence-electron chi connectivity index (χ3n) is 1.46. The SMILES string of the molecule is CCCc1cc(F)cc(Cl)c1. The minimum absolute atomic E-state index is 0.249. The van der Waals surface area contributed by atoms with Crippen molar-refractivity contribution in [3.8, 4) is 0 Å². The van der Waals surface area contributed by atoms with Crippen LogP contribution in [-0.2, 0) is 6.42 Å². The Morgan fingerprint density at radius 3 is 2.64 bits per heavy atom. The first kappa shape index (κ1) is 8.54. The van der Waals surface area contributed by atoms with Gasteiger partial charge in [0, 0.05) is 5.02 Å². The van der Waals surface area contributed by atoms with Gasteiger partial charge >= 0.3 is 0 Å². The lowest BCUT2D eigenvalue weighted by atomic mass is 10.1. The van der Waals surface area contributed by atoms with Crippen molar-refractivity contribution in [1.29, 1.82) is 0 Å². The van der Waals surface area contributed by atoms with Gasteiger partial charge in [-0.3, -0.25) is 0 Å². The largest absolute Gasteiger partial charge is 0.207 e. The van der Waals surface area contributed by atoms with Crippen molar-refractivity contribution in [2.24, 2.45) is 0 Å². The van der Waals surface area contributed by atoms with Crippen LogP contribution in [-0.4, -0.2) is 0 Å². The maximum atomic E-state index is 12.7. The Kier molecular flexibility index (Phi) is 2.89. The van der Waals surface area contributed by atoms with Crippen molar-refractivity contribution in [2.45, 2.75) is 19.8 Å². The number of rotatable bonds is 2. The van der Waals surface area contributed by atoms with Gasteiger partial charge in [-0.1, -0.05) is 24.9 Å². The van der Waals surface area contributed by atoms with E-state index < -0.39 is 0 Å². The Balaban J connectivity index is 2.89. The number of hydrogen-bond acceptors (Lipinski definition) is 0. The lowest BCUT2D eigenvalue weighted by Gasteiger charge is -1.98. The van der Waals surface area contributed by atoms with Crippen LogP contribution in [0.2, 0.25) is 5.02 Å². The van der Waals surface area contributed by atoms with E-state index in [0.717, 1.165) is 18.4 Å². The van der Waals surface area contributed by atoms with Crippen molar-refractivity contribution < 1.29 is 4.39 Å². The molecule has 0 saturated carbocycles. The van der Waals surface area contributed by atoms with Crippen molar-refractivity contribution in [2.75, 3.05) is 0 Å². The first-order valence-corrected chi connectivity index (χ1v) is 4.05. The summed E-state index contributed by atoms with van der Waals surface area (Å²) in [5.74, 6) is -0.249. The number of halogens is 2. The lowest BCUT2D eigenvalue weighted by molar-refractivity contribution is 0.625. The van der Waals surface area contributed by atoms with Crippen LogP contribution in [0.3, 0.4) is 0 Å². The summed E-state index contributed by atoms with van der Waals surface area (Å²) in [5, 5.41) is 0.480. The molecule has 0 atom stereocenters. The summed E-state index contributed by atoms with van der Waals surface area (Å²) in [6.45, 7) is 2.05. The second kappa shape index (κ2) is 3.72. The van der Waals surface area contributed by atoms with E-state index in [1.165, 1.54) is 12.1 Å². The fourth-order valence-corrected chi connectivity index (χ4v) is 1.29. The molecule has 0 fully saturated rings. The van der Waals surface area contributed by atoms with Gasteiger partial charge < -0.3 is 0 Å². The zero-order chi connectivity index (χ0) is 8.27. The molecule has 60 valence electrons. The van der Waals surface area contributed by atoms with Gasteiger partial charge in [-0.2, -0.15) is 0 Å². The molecular weight excluding hydrogens is 163 g/mol. The molecule has 0 spiro atoms. The van der Waals surface area contributed by atoms with Crippen LogP contribution < -0.4 is 0 Å². The zero-order valence-corrected chi connectivity index (χ0v) is 7.16. The lowest BCUT2D eigenvalue weighted by Crippen LogP contribution is -1.84. The topological polar surface area (TPSA) is 0 Å². The van der Waals surface area contributed by atoms with Gasteiger partial charge in [0.05, 0.1) is 0 Å². The third kappa shape index (κ3) is 2.51. The summed E-state index contributed by atoms with van der Waals surface area (Å²) in [4.78, 5) is 0. The third-order valence-corrected chi connectivity index (χ3v) is 1.68. The molecule has 0 aliphatic rings. The van der Waals surface area contributed by atoms with E-state index in [1.807, 2.05) is 0 Å². The molecule has 0 aliphatic carbocycles. The predicted octanol–water partition coefficient (Wildman–Crippen LogP) is 3.43. The van der Waals surface area contributed by atoms with Gasteiger partial charge in [-0.05, 0) is 30.2 Å². The quantitative estimate of drug-likeness (QED) is 0.641. The Bertz CT molecular complexity index is 225. The Morgan fingerprint density at radius 2 is 2.09 bits per heavy atom. The summed E-state index contributed by atoms with van der Waals surface area (Å²) in [6, 6.07) is 4.64. The molecule has 0 heterocycles. The van der Waals surface area contributed by atoms with E-state index in [4.69, 9.17) is 11.6 Å². The van der Waals surface area contributed by atoms with Crippen LogP contribution >= 0.6 is 11.6 Å². The van der Waals surface area contributed by atoms with E-state index in [0.29, 0.717) is 5.02 Å². The molecule has 0 radical (unpaired) electrons. The van der Waals surface area contributed by atoms with Crippen molar-refractivity contribution in [1.82, 2.24) is 0 Å². The molecule has 0 amide bonds. The first-order valence-electron chi connectivity index (χ1n) is 3.67. The molecule has 0 aliphatic heterocycles. The van der Waals surface area contributed by atoms with Crippen LogP contribution in [0.25, 0.3) is 0 Å². The molecule has 0 aromatic heterocycles. The van der Waals surface area contributed by atoms with Crippen molar-refractivity contribution in [3.05, 3.63) is 34.6 Å². The number of benzene rings is 1. The van der Waals surface area contributed by atoms with Crippen LogP contribution in [0.1, 0.15) is 18.9 Å². The van der Waals surface area contributed by atoms with Crippen LogP contribution in [0, 0.1) is 5.82 Å². The number of hydrogen-bond donors (Lipinski definition) is 0. The summed E-state index contributed by atoms with van der Waals surface area (Å²) >= 11 is 5.65. The van der Waals surface area contributed by atoms with E-state index in [1.54, 1.807) is 6.07 Å². The van der Waals surface area contributed by atoms with Crippen LogP contribution in [0.5, 0.6) is 0 Å². The highest BCUT2D eigenvalue weighted by Crippen LogP contribution is 2.14. The molecule has 1 aromatic carbocycles. The van der Waals surface area contributed by atoms with Gasteiger partial charge in [0.15, 0.2) is 0 Å². The fraction of sp³-hybridized carbons (Fsp3) is 0.333. The van der Waals surface area contributed by atoms with Gasteiger partial charge in [-0.25, -0.2) is 4.39 Å². The highest BCUT2D eigenvalue weighted by atomic mass is 35.5. The molecule has 0 bridgehead atoms. The Labute approximate surface area is 71.0 Å². The Hall–Kier alpha value is -0.560. The van der Waals surface area contributed by atoms with Gasteiger partial charge in [0.25, 0.3) is 0 Å². The summed E-state index contributed by atoms with van der Waals surface area (Å²) in [7, 11) is 0. The van der Waals surface area contributed by atoms with Gasteiger partial charge in [0.1, 0.15) is 5.82 Å². The zero-order valence-electron chi connectivity index (χ0n) is 6.40. The normalized spacial score (nSPS) is 10.1. The molecular formula is C9H10ClF. The minimum Gasteiger partial charge on any atom is -0.207 e. The maximum Gasteiger partial charge on any atom is 0.124 e. The van der Waals surface area contributed by atoms with E-state index in [-0.39, 0.29) is 5.82 Å². The molecule has 2 heteroatoms. The van der Waals surface area contributed by atoms with Gasteiger partial charge in [0.2, 0.25) is 0 Å². The highest BCUT2D eigenvalue weighted by Gasteiger charge is 1.97. The number of aryl methyl sites for hydroxylation is 1. The first-order chi connectivity index (χ1) is 5.22. The molecule has 1 rings (SSSR count). The Morgan fingerprint density at radius 1 is 1.36 bits per heavy atom. The molecule has 0 unspecified atom stereocenters. The van der Waals surface area contributed by atoms with Crippen LogP contribution in [0.15, 0.2) is 18.2 Å². The molecule has 11 heavy (non-hydrogen) atoms. The summed E-state index contributed by atoms with van der Waals surface area (Å²) < 4.78 is 12.7. The van der Waals surface area contributed by atoms with E-state index in [9.17, 15) is 4.39 Å². The fourth-order valence-electron chi connectivity index (χ4n) is 1.04. The van der Waals surface area contributed by atoms with E-state index in [2.05, 4.69) is 6.92 Å². The predicted molar refractivity (Wildman–Crippen MR) is 45.4 cm³/mol. The average molecular weight is 173 g/mol. The minimum atomic E-state index is -0.249. The summed E-state index contributed by atoms with van der Waals surface area (Å²) in [6.07, 6.45) is 1.90. The second-order valence-corrected chi connectivity index (χ2v) is 2.96.